The number of hydrogen-bond acceptors (Lipinski definition) is 3. The quantitative estimate of drug-likeness (QED) is 0.706. The highest BCUT2D eigenvalue weighted by Gasteiger charge is 2.17. The van der Waals surface area contributed by atoms with Crippen LogP contribution in [0.3, 0.4) is 0 Å². The maximum absolute atomic E-state index is 13.1. The summed E-state index contributed by atoms with van der Waals surface area (Å²) in [6.45, 7) is 3.19. The van der Waals surface area contributed by atoms with Gasteiger partial charge in [-0.3, -0.25) is 0 Å². The van der Waals surface area contributed by atoms with Crippen molar-refractivity contribution in [1.29, 1.82) is 0 Å². The van der Waals surface area contributed by atoms with E-state index in [2.05, 4.69) is 17.6 Å². The van der Waals surface area contributed by atoms with Crippen LogP contribution in [0.5, 0.6) is 5.75 Å². The van der Waals surface area contributed by atoms with Crippen LogP contribution in [0.25, 0.3) is 0 Å². The Morgan fingerprint density at radius 2 is 2.41 bits per heavy atom. The first kappa shape index (κ1) is 12.2. The summed E-state index contributed by atoms with van der Waals surface area (Å²) in [4.78, 5) is 0. The molecule has 4 heteroatoms. The standard InChI is InChI=1S/C13H19FN2O/c1-9(7-10-3-2-6-15-10)16-11-4-5-13(17)12(14)8-11/h4-5,8-10,15-17H,2-3,6-7H2,1H3. The average Bonchev–Trinajstić information content (AvgIpc) is 2.76. The summed E-state index contributed by atoms with van der Waals surface area (Å²) >= 11 is 0. The highest BCUT2D eigenvalue weighted by molar-refractivity contribution is 5.47. The predicted octanol–water partition coefficient (Wildman–Crippen LogP) is 2.47. The molecule has 1 aliphatic rings. The zero-order valence-corrected chi connectivity index (χ0v) is 10.0. The van der Waals surface area contributed by atoms with E-state index in [1.165, 1.54) is 25.0 Å². The lowest BCUT2D eigenvalue weighted by molar-refractivity contribution is 0.432. The van der Waals surface area contributed by atoms with Crippen LogP contribution >= 0.6 is 0 Å². The monoisotopic (exact) mass is 238 g/mol. The van der Waals surface area contributed by atoms with Crippen molar-refractivity contribution < 1.29 is 9.50 Å². The molecule has 2 atom stereocenters. The fourth-order valence-electron chi connectivity index (χ4n) is 2.32. The number of hydrogen-bond donors (Lipinski definition) is 3. The molecule has 1 aromatic rings. The van der Waals surface area contributed by atoms with Crippen molar-refractivity contribution >= 4 is 5.69 Å². The van der Waals surface area contributed by atoms with Crippen LogP contribution in [0.4, 0.5) is 10.1 Å². The zero-order valence-electron chi connectivity index (χ0n) is 10.0. The molecule has 2 unspecified atom stereocenters. The van der Waals surface area contributed by atoms with Gasteiger partial charge in [0.25, 0.3) is 0 Å². The van der Waals surface area contributed by atoms with Crippen LogP contribution in [-0.4, -0.2) is 23.7 Å². The molecular weight excluding hydrogens is 219 g/mol. The second-order valence-corrected chi connectivity index (χ2v) is 4.74. The first-order valence-electron chi connectivity index (χ1n) is 6.13. The molecule has 2 rings (SSSR count). The summed E-state index contributed by atoms with van der Waals surface area (Å²) in [5.74, 6) is -0.887. The van der Waals surface area contributed by atoms with Gasteiger partial charge in [0.15, 0.2) is 11.6 Å². The number of halogens is 1. The van der Waals surface area contributed by atoms with E-state index in [1.807, 2.05) is 0 Å². The lowest BCUT2D eigenvalue weighted by Crippen LogP contribution is -2.29. The molecule has 3 nitrogen and oxygen atoms in total. The molecule has 1 aromatic carbocycles. The number of aromatic hydroxyl groups is 1. The molecule has 0 radical (unpaired) electrons. The smallest absolute Gasteiger partial charge is 0.166 e. The molecule has 3 N–H and O–H groups in total. The van der Waals surface area contributed by atoms with E-state index in [0.29, 0.717) is 11.7 Å². The first-order chi connectivity index (χ1) is 8.15. The highest BCUT2D eigenvalue weighted by Crippen LogP contribution is 2.21. The third kappa shape index (κ3) is 3.33. The van der Waals surface area contributed by atoms with E-state index in [1.54, 1.807) is 6.07 Å². The van der Waals surface area contributed by atoms with E-state index < -0.39 is 5.82 Å². The number of phenolic OH excluding ortho intramolecular Hbond substituents is 1. The third-order valence-electron chi connectivity index (χ3n) is 3.16. The Morgan fingerprint density at radius 3 is 3.06 bits per heavy atom. The van der Waals surface area contributed by atoms with Crippen molar-refractivity contribution in [2.24, 2.45) is 0 Å². The topological polar surface area (TPSA) is 44.3 Å². The van der Waals surface area contributed by atoms with Crippen molar-refractivity contribution in [1.82, 2.24) is 5.32 Å². The fraction of sp³-hybridized carbons (Fsp3) is 0.538. The lowest BCUT2D eigenvalue weighted by Gasteiger charge is -2.19. The minimum Gasteiger partial charge on any atom is -0.505 e. The Labute approximate surface area is 101 Å². The van der Waals surface area contributed by atoms with E-state index in [0.717, 1.165) is 13.0 Å². The maximum Gasteiger partial charge on any atom is 0.166 e. The molecule has 0 bridgehead atoms. The van der Waals surface area contributed by atoms with Crippen LogP contribution in [0.2, 0.25) is 0 Å². The number of benzene rings is 1. The number of rotatable bonds is 4. The first-order valence-corrected chi connectivity index (χ1v) is 6.13. The van der Waals surface area contributed by atoms with Crippen molar-refractivity contribution in [3.63, 3.8) is 0 Å². The van der Waals surface area contributed by atoms with Gasteiger partial charge >= 0.3 is 0 Å². The lowest BCUT2D eigenvalue weighted by atomic mass is 10.1. The average molecular weight is 238 g/mol. The minimum atomic E-state index is -0.582. The summed E-state index contributed by atoms with van der Waals surface area (Å²) in [6, 6.07) is 5.25. The second kappa shape index (κ2) is 5.36. The molecule has 17 heavy (non-hydrogen) atoms. The van der Waals surface area contributed by atoms with Gasteiger partial charge < -0.3 is 15.7 Å². The van der Waals surface area contributed by atoms with Gasteiger partial charge in [-0.05, 0) is 44.9 Å². The largest absolute Gasteiger partial charge is 0.505 e. The molecule has 0 saturated carbocycles. The van der Waals surface area contributed by atoms with Gasteiger partial charge in [-0.25, -0.2) is 4.39 Å². The van der Waals surface area contributed by atoms with E-state index >= 15 is 0 Å². The van der Waals surface area contributed by atoms with Crippen molar-refractivity contribution in [3.05, 3.63) is 24.0 Å². The van der Waals surface area contributed by atoms with Gasteiger partial charge in [0.2, 0.25) is 0 Å². The van der Waals surface area contributed by atoms with Crippen molar-refractivity contribution in [2.45, 2.75) is 38.3 Å². The molecule has 94 valence electrons. The van der Waals surface area contributed by atoms with Gasteiger partial charge in [-0.15, -0.1) is 0 Å². The predicted molar refractivity (Wildman–Crippen MR) is 66.8 cm³/mol. The van der Waals surface area contributed by atoms with Crippen LogP contribution in [-0.2, 0) is 0 Å². The van der Waals surface area contributed by atoms with Gasteiger partial charge in [-0.2, -0.15) is 0 Å². The third-order valence-corrected chi connectivity index (χ3v) is 3.16. The van der Waals surface area contributed by atoms with E-state index in [-0.39, 0.29) is 11.8 Å². The van der Waals surface area contributed by atoms with E-state index in [4.69, 9.17) is 5.11 Å². The Balaban J connectivity index is 1.88. The summed E-state index contributed by atoms with van der Waals surface area (Å²) in [5, 5.41) is 15.8. The number of anilines is 1. The minimum absolute atomic E-state index is 0.287. The summed E-state index contributed by atoms with van der Waals surface area (Å²) in [5.41, 5.74) is 0.714. The Kier molecular flexibility index (Phi) is 3.84. The van der Waals surface area contributed by atoms with Gasteiger partial charge in [0, 0.05) is 23.8 Å². The highest BCUT2D eigenvalue weighted by atomic mass is 19.1. The SMILES string of the molecule is CC(CC1CCCN1)Nc1ccc(O)c(F)c1. The molecular formula is C13H19FN2O. The second-order valence-electron chi connectivity index (χ2n) is 4.74. The van der Waals surface area contributed by atoms with Crippen molar-refractivity contribution in [2.75, 3.05) is 11.9 Å². The maximum atomic E-state index is 13.1. The van der Waals surface area contributed by atoms with Crippen LogP contribution in [0.15, 0.2) is 18.2 Å². The zero-order chi connectivity index (χ0) is 12.3. The fourth-order valence-corrected chi connectivity index (χ4v) is 2.32. The number of phenols is 1. The normalized spacial score (nSPS) is 21.4. The summed E-state index contributed by atoms with van der Waals surface area (Å²) in [7, 11) is 0. The summed E-state index contributed by atoms with van der Waals surface area (Å²) in [6.07, 6.45) is 3.49. The molecule has 0 aromatic heterocycles. The van der Waals surface area contributed by atoms with Gasteiger partial charge in [-0.1, -0.05) is 0 Å². The molecule has 0 amide bonds. The molecule has 0 aliphatic carbocycles. The molecule has 1 heterocycles. The molecule has 1 aliphatic heterocycles. The Hall–Kier alpha value is -1.29. The van der Waals surface area contributed by atoms with Crippen LogP contribution < -0.4 is 10.6 Å². The number of nitrogens with one attached hydrogen (secondary N) is 2. The Bertz CT molecular complexity index is 378. The van der Waals surface area contributed by atoms with Crippen LogP contribution in [0, 0.1) is 5.82 Å². The molecule has 1 saturated heterocycles. The Morgan fingerprint density at radius 1 is 1.59 bits per heavy atom. The van der Waals surface area contributed by atoms with Gasteiger partial charge in [0.1, 0.15) is 0 Å². The van der Waals surface area contributed by atoms with Crippen LogP contribution in [0.1, 0.15) is 26.2 Å². The molecule has 0 spiro atoms. The van der Waals surface area contributed by atoms with Crippen molar-refractivity contribution in [3.8, 4) is 5.75 Å². The molecule has 1 fully saturated rings. The van der Waals surface area contributed by atoms with E-state index in [9.17, 15) is 4.39 Å². The summed E-state index contributed by atoms with van der Waals surface area (Å²) < 4.78 is 13.1. The van der Waals surface area contributed by atoms with Gasteiger partial charge in [0.05, 0.1) is 0 Å².